The third kappa shape index (κ3) is 19.6. The van der Waals surface area contributed by atoms with E-state index in [2.05, 4.69) is 16.0 Å². The molecule has 0 spiro atoms. The van der Waals surface area contributed by atoms with Crippen LogP contribution in [0.1, 0.15) is 85.0 Å². The van der Waals surface area contributed by atoms with Gasteiger partial charge in [-0.2, -0.15) is 0 Å². The molecule has 24 nitrogen and oxygen atoms in total. The molecule has 0 aromatic rings. The summed E-state index contributed by atoms with van der Waals surface area (Å²) in [5.74, 6) is -7.06. The van der Waals surface area contributed by atoms with Gasteiger partial charge in [-0.05, 0) is 38.0 Å². The number of carboxylic acid groups (broad SMARTS) is 1. The number of aliphatic hydroxyl groups excluding tert-OH is 5. The van der Waals surface area contributed by atoms with Crippen molar-refractivity contribution in [2.75, 3.05) is 25.4 Å². The van der Waals surface area contributed by atoms with Crippen LogP contribution in [-0.2, 0) is 63.1 Å². The standard InChI is InChI=1S/C38H65N3O21S2.3Na/c1-4-21-13-22(35(49)40-11-10-39-27(44)15-23(64(55,56)57)17-63(52,53)54)14-24(33(21)62-38-32(48)31(47)29(45)18(2)58-38)60-37-28(41-19(3)43)34(30(46)26(16-42)61-37)59-25(36(50)51)12-20-8-6-5-7-9-20;;;/h18,20-26,28-34,37-38,42,45-48H,4-17H2,1-3H3,(H,39,44)(H,40,49)(H,41,43)(H,50,51)(H,52,53,54)(H,55,56,57);;;/q;3*+1/p-3/t18?,21?,22?,23?,24-,25+,26+,28?,29-,30+,31+,32?,33-,34?,37-,38+;;;/m1.../s1. The number of carbonyl (C=O) groups excluding carboxylic acids is 4. The molecule has 2 aliphatic carbocycles. The van der Waals surface area contributed by atoms with Crippen molar-refractivity contribution in [3.05, 3.63) is 0 Å². The number of aliphatic carboxylic acids is 1. The van der Waals surface area contributed by atoms with Crippen LogP contribution < -0.4 is 110 Å². The Balaban J connectivity index is 0.00000748. The van der Waals surface area contributed by atoms with Crippen LogP contribution in [-0.4, -0.2) is 186 Å². The molecule has 4 rings (SSSR count). The van der Waals surface area contributed by atoms with Gasteiger partial charge in [-0.15, -0.1) is 0 Å². The number of amides is 3. The number of hydrogen-bond acceptors (Lipinski definition) is 21. The van der Waals surface area contributed by atoms with E-state index >= 15 is 0 Å². The Kier molecular flexibility index (Phi) is 29.1. The van der Waals surface area contributed by atoms with Gasteiger partial charge in [0.2, 0.25) is 17.7 Å². The van der Waals surface area contributed by atoms with Gasteiger partial charge in [0.1, 0.15) is 42.7 Å². The molecule has 2 saturated heterocycles. The minimum absolute atomic E-state index is 0. The second kappa shape index (κ2) is 29.9. The molecule has 0 bridgehead atoms. The zero-order valence-corrected chi connectivity index (χ0v) is 46.4. The van der Waals surface area contributed by atoms with Gasteiger partial charge in [-0.3, -0.25) is 14.4 Å². The molecule has 16 atom stereocenters. The maximum absolute atomic E-state index is 13.7. The van der Waals surface area contributed by atoms with Crippen molar-refractivity contribution in [1.82, 2.24) is 16.0 Å². The van der Waals surface area contributed by atoms with Gasteiger partial charge in [0.05, 0.1) is 68.2 Å². The van der Waals surface area contributed by atoms with Gasteiger partial charge in [-0.1, -0.05) is 45.4 Å². The fourth-order valence-corrected chi connectivity index (χ4v) is 10.9. The number of ether oxygens (including phenoxy) is 5. The second-order valence-corrected chi connectivity index (χ2v) is 20.2. The van der Waals surface area contributed by atoms with Gasteiger partial charge in [-0.25, -0.2) is 16.8 Å². The number of hydrogen-bond donors (Lipinski definition) is 8. The number of nitrogens with one attached hydrogen (secondary N) is 3. The number of aliphatic hydroxyl groups is 5. The Morgan fingerprint density at radius 1 is 0.821 bits per heavy atom. The molecule has 3 amide bonds. The van der Waals surface area contributed by atoms with E-state index in [4.69, 9.17) is 23.7 Å². The topological polar surface area (TPSA) is 389 Å². The SMILES string of the molecule is CCC1CC(C(=O)NCCNC(=O)CC(CS(=O)(=O)[O-])S(=O)(=O)[O-])C[C@@H](O[C@@H]2O[C@@H](CO)[C@H](O)C(O[C@@H](CC3CCCCC3)C(=O)[O-])C2NC(C)=O)[C@@H]1O[C@@H]1OC(C)[C@@H](O)[C@H](O)C1O.[Na+].[Na+].[Na+]. The van der Waals surface area contributed by atoms with E-state index in [1.165, 1.54) is 6.92 Å². The van der Waals surface area contributed by atoms with Crippen molar-refractivity contribution < 1.29 is 188 Å². The van der Waals surface area contributed by atoms with Crippen LogP contribution in [0.4, 0.5) is 0 Å². The Bertz CT molecular complexity index is 1800. The van der Waals surface area contributed by atoms with Crippen LogP contribution in [0.15, 0.2) is 0 Å². The van der Waals surface area contributed by atoms with Crippen molar-refractivity contribution in [3.8, 4) is 0 Å². The average molecular weight is 1030 g/mol. The van der Waals surface area contributed by atoms with Crippen molar-refractivity contribution in [3.63, 3.8) is 0 Å². The molecular weight excluding hydrogens is 968 g/mol. The summed E-state index contributed by atoms with van der Waals surface area (Å²) in [7, 11) is -10.5. The molecule has 4 fully saturated rings. The minimum atomic E-state index is -5.35. The summed E-state index contributed by atoms with van der Waals surface area (Å²) in [6, 6.07) is -1.44. The summed E-state index contributed by atoms with van der Waals surface area (Å²) < 4.78 is 98.2. The molecule has 370 valence electrons. The predicted octanol–water partition coefficient (Wildman–Crippen LogP) is -13.8. The molecule has 2 saturated carbocycles. The number of carboxylic acids is 1. The summed E-state index contributed by atoms with van der Waals surface area (Å²) in [4.78, 5) is 51.2. The van der Waals surface area contributed by atoms with E-state index in [0.29, 0.717) is 6.42 Å². The normalized spacial score (nSPS) is 33.6. The zero-order valence-electron chi connectivity index (χ0n) is 38.8. The van der Waals surface area contributed by atoms with Crippen molar-refractivity contribution >= 4 is 43.9 Å². The van der Waals surface area contributed by atoms with E-state index < -0.39 is 159 Å². The van der Waals surface area contributed by atoms with Crippen molar-refractivity contribution in [1.29, 1.82) is 0 Å². The molecule has 67 heavy (non-hydrogen) atoms. The van der Waals surface area contributed by atoms with Crippen LogP contribution in [0.2, 0.25) is 0 Å². The second-order valence-electron chi connectivity index (χ2n) is 17.1. The van der Waals surface area contributed by atoms with Gasteiger partial charge in [0, 0.05) is 32.4 Å². The molecule has 29 heteroatoms. The first-order chi connectivity index (χ1) is 29.9. The van der Waals surface area contributed by atoms with Crippen molar-refractivity contribution in [2.45, 2.75) is 170 Å². The Labute approximate surface area is 456 Å². The van der Waals surface area contributed by atoms with Crippen molar-refractivity contribution in [2.24, 2.45) is 17.8 Å². The summed E-state index contributed by atoms with van der Waals surface area (Å²) in [6.07, 6.45) is -14.3. The maximum atomic E-state index is 13.7. The fourth-order valence-electron chi connectivity index (χ4n) is 8.85. The zero-order chi connectivity index (χ0) is 47.7. The van der Waals surface area contributed by atoms with Crippen LogP contribution in [0.5, 0.6) is 0 Å². The fraction of sp³-hybridized carbons (Fsp3) is 0.895. The number of carbonyl (C=O) groups is 4. The van der Waals surface area contributed by atoms with E-state index in [1.807, 2.05) is 0 Å². The first-order valence-corrected chi connectivity index (χ1v) is 24.5. The largest absolute Gasteiger partial charge is 1.00 e. The molecule has 7 unspecified atom stereocenters. The van der Waals surface area contributed by atoms with Gasteiger partial charge >= 0.3 is 88.7 Å². The molecule has 0 aromatic carbocycles. The molecule has 0 radical (unpaired) electrons. The minimum Gasteiger partial charge on any atom is -0.748 e. The van der Waals surface area contributed by atoms with Crippen LogP contribution >= 0.6 is 0 Å². The summed E-state index contributed by atoms with van der Waals surface area (Å²) >= 11 is 0. The van der Waals surface area contributed by atoms with Crippen LogP contribution in [0.3, 0.4) is 0 Å². The van der Waals surface area contributed by atoms with E-state index in [1.54, 1.807) is 6.92 Å². The molecular formula is C38H62N3Na3O21S2. The summed E-state index contributed by atoms with van der Waals surface area (Å²) in [5.41, 5.74) is 0. The predicted molar refractivity (Wildman–Crippen MR) is 212 cm³/mol. The molecule has 0 aromatic heterocycles. The smallest absolute Gasteiger partial charge is 0.748 e. The average Bonchev–Trinajstić information content (AvgIpc) is 3.21. The first kappa shape index (κ1) is 65.3. The molecule has 8 N–H and O–H groups in total. The maximum Gasteiger partial charge on any atom is 1.00 e. The molecule has 4 aliphatic rings. The first-order valence-electron chi connectivity index (χ1n) is 21.4. The monoisotopic (exact) mass is 1030 g/mol. The van der Waals surface area contributed by atoms with Crippen LogP contribution in [0.25, 0.3) is 0 Å². The van der Waals surface area contributed by atoms with E-state index in [-0.39, 0.29) is 127 Å². The quantitative estimate of drug-likeness (QED) is 0.0301. The van der Waals surface area contributed by atoms with Crippen LogP contribution in [0, 0.1) is 17.8 Å². The van der Waals surface area contributed by atoms with Gasteiger partial charge in [0.15, 0.2) is 12.6 Å². The van der Waals surface area contributed by atoms with E-state index in [0.717, 1.165) is 39.0 Å². The number of rotatable bonds is 21. The Hall–Kier alpha value is 0.300. The Morgan fingerprint density at radius 2 is 1.45 bits per heavy atom. The molecule has 2 heterocycles. The Morgan fingerprint density at radius 3 is 2.00 bits per heavy atom. The third-order valence-corrected chi connectivity index (χ3v) is 14.4. The van der Waals surface area contributed by atoms with E-state index in [9.17, 15) is 75.8 Å². The van der Waals surface area contributed by atoms with Gasteiger partial charge in [0.25, 0.3) is 0 Å². The van der Waals surface area contributed by atoms with Gasteiger partial charge < -0.3 is 84.2 Å². The summed E-state index contributed by atoms with van der Waals surface area (Å²) in [5, 5.41) is 71.1. The molecule has 2 aliphatic heterocycles. The third-order valence-electron chi connectivity index (χ3n) is 12.3. The summed E-state index contributed by atoms with van der Waals surface area (Å²) in [6.45, 7) is 2.93.